The van der Waals surface area contributed by atoms with Crippen molar-refractivity contribution in [2.24, 2.45) is 35.5 Å². The second-order valence-electron chi connectivity index (χ2n) is 20.2. The van der Waals surface area contributed by atoms with Crippen LogP contribution in [-0.4, -0.2) is 141 Å². The van der Waals surface area contributed by atoms with Gasteiger partial charge in [-0.25, -0.2) is 9.86 Å². The lowest BCUT2D eigenvalue weighted by Gasteiger charge is -2.43. The fraction of sp³-hybridized carbons (Fsp3) is 0.731. The molecule has 0 aromatic carbocycles. The van der Waals surface area contributed by atoms with Crippen molar-refractivity contribution in [2.75, 3.05) is 20.8 Å². The number of aliphatic hydroxyl groups excluding tert-OH is 2. The first-order chi connectivity index (χ1) is 32.0. The van der Waals surface area contributed by atoms with Gasteiger partial charge in [0.2, 0.25) is 11.7 Å². The molecule has 4 aliphatic rings. The molecule has 0 aromatic heterocycles. The summed E-state index contributed by atoms with van der Waals surface area (Å²) in [5.74, 6) is -9.40. The molecule has 4 rings (SSSR count). The minimum atomic E-state index is -2.58. The number of aliphatic hydroxyl groups is 3. The Labute approximate surface area is 403 Å². The maximum Gasteiger partial charge on any atom is 0.329 e. The number of allylic oxidation sites excluding steroid dienone is 6. The normalized spacial score (nSPS) is 39.1. The first kappa shape index (κ1) is 56.7. The smallest absolute Gasteiger partial charge is 0.329 e. The number of hydroxylamine groups is 2. The van der Waals surface area contributed by atoms with Crippen LogP contribution >= 0.6 is 0 Å². The molecule has 3 fully saturated rings. The van der Waals surface area contributed by atoms with E-state index in [-0.39, 0.29) is 67.7 Å². The van der Waals surface area contributed by atoms with Crippen LogP contribution in [0.1, 0.15) is 132 Å². The summed E-state index contributed by atoms with van der Waals surface area (Å²) in [6.45, 7) is 13.5. The number of cyclic esters (lactones) is 1. The Hall–Kier alpha value is -3.90. The van der Waals surface area contributed by atoms with Crippen molar-refractivity contribution in [2.45, 2.75) is 187 Å². The van der Waals surface area contributed by atoms with Crippen LogP contribution in [0.2, 0.25) is 0 Å². The molecular formula is C52H80N2O14. The van der Waals surface area contributed by atoms with Crippen LogP contribution in [0.25, 0.3) is 0 Å². The van der Waals surface area contributed by atoms with Gasteiger partial charge in [0.05, 0.1) is 24.4 Å². The molecule has 2 amide bonds. The van der Waals surface area contributed by atoms with E-state index in [9.17, 15) is 49.3 Å². The molecule has 4 N–H and O–H groups in total. The van der Waals surface area contributed by atoms with Gasteiger partial charge in [-0.05, 0) is 107 Å². The highest BCUT2D eigenvalue weighted by molar-refractivity contribution is 6.39. The monoisotopic (exact) mass is 957 g/mol. The van der Waals surface area contributed by atoms with Crippen molar-refractivity contribution in [3.63, 3.8) is 0 Å². The van der Waals surface area contributed by atoms with Crippen molar-refractivity contribution in [3.8, 4) is 0 Å². The third-order valence-corrected chi connectivity index (χ3v) is 14.8. The minimum Gasteiger partial charge on any atom is -0.460 e. The van der Waals surface area contributed by atoms with E-state index in [0.717, 1.165) is 4.90 Å². The highest BCUT2D eigenvalue weighted by atomic mass is 16.6. The number of piperidine rings is 1. The summed E-state index contributed by atoms with van der Waals surface area (Å²) in [5.41, 5.74) is 0.928. The molecular weight excluding hydrogens is 877 g/mol. The Bertz CT molecular complexity index is 1890. The van der Waals surface area contributed by atoms with Crippen LogP contribution < -0.4 is 0 Å². The number of hydrogen-bond donors (Lipinski definition) is 4. The standard InChI is InChI=1S/C52H80N2O14/c1-30-16-12-11-13-17-31(2)41(54(64)37(8)55)28-39-21-19-36(7)52(63,68-39)49(60)50(61)53-23-15-14-18-40(53)51(62)67-44(33(4)26-38-20-22-42(56)45(27-38)65-9)29-43(57)32(3)25-35(6)47(59)48(66-10)46(58)34(5)24-30/h11-13,16-17,25,30,32-34,36,38-42,44-45,47-48,56,59,63-64H,14-15,18-24,26-29H2,1-10H3/b13-11+,16-12+,31-17+,35-25+/t30-,32-,33-,34-,36-,38+,39+,40+,41-,42-,44+,45-,47-,48+,52-/m1/s1. The average Bonchev–Trinajstić information content (AvgIpc) is 3.30. The molecule has 15 atom stereocenters. The fourth-order valence-corrected chi connectivity index (χ4v) is 10.4. The van der Waals surface area contributed by atoms with E-state index in [1.54, 1.807) is 66.0 Å². The molecule has 2 saturated heterocycles. The fourth-order valence-electron chi connectivity index (χ4n) is 10.4. The lowest BCUT2D eigenvalue weighted by Crippen LogP contribution is -2.61. The molecule has 0 radical (unpaired) electrons. The number of ketones is 3. The number of rotatable bonds is 6. The number of methoxy groups -OCH3 is 2. The quantitative estimate of drug-likeness (QED) is 0.0816. The van der Waals surface area contributed by atoms with Gasteiger partial charge in [-0.2, -0.15) is 0 Å². The van der Waals surface area contributed by atoms with Gasteiger partial charge in [-0.3, -0.25) is 29.2 Å². The number of carbonyl (C=O) groups excluding carboxylic acids is 6. The van der Waals surface area contributed by atoms with Gasteiger partial charge in [-0.1, -0.05) is 71.1 Å². The minimum absolute atomic E-state index is 0.0170. The zero-order valence-electron chi connectivity index (χ0n) is 42.0. The van der Waals surface area contributed by atoms with Crippen molar-refractivity contribution in [1.82, 2.24) is 9.96 Å². The molecule has 3 aliphatic heterocycles. The summed E-state index contributed by atoms with van der Waals surface area (Å²) in [6.07, 6.45) is 9.56. The molecule has 16 heteroatoms. The molecule has 68 heavy (non-hydrogen) atoms. The van der Waals surface area contributed by atoms with Crippen LogP contribution in [0.5, 0.6) is 0 Å². The molecule has 0 unspecified atom stereocenters. The van der Waals surface area contributed by atoms with Gasteiger partial charge < -0.3 is 39.2 Å². The number of fused-ring (bicyclic) bond motifs is 3. The summed E-state index contributed by atoms with van der Waals surface area (Å²) in [5, 5.41) is 45.5. The topological polar surface area (TPSA) is 227 Å². The third-order valence-electron chi connectivity index (χ3n) is 14.8. The van der Waals surface area contributed by atoms with Gasteiger partial charge in [0, 0.05) is 58.3 Å². The zero-order chi connectivity index (χ0) is 50.6. The lowest BCUT2D eigenvalue weighted by atomic mass is 9.78. The summed E-state index contributed by atoms with van der Waals surface area (Å²) >= 11 is 0. The number of ether oxygens (including phenoxy) is 4. The predicted octanol–water partition coefficient (Wildman–Crippen LogP) is 5.77. The molecule has 0 spiro atoms. The largest absolute Gasteiger partial charge is 0.460 e. The van der Waals surface area contributed by atoms with E-state index in [1.165, 1.54) is 14.0 Å². The second kappa shape index (κ2) is 25.8. The molecule has 0 aromatic rings. The molecule has 16 nitrogen and oxygen atoms in total. The Kier molecular flexibility index (Phi) is 21.5. The van der Waals surface area contributed by atoms with Gasteiger partial charge in [0.1, 0.15) is 30.1 Å². The number of carbonyl (C=O) groups is 6. The highest BCUT2D eigenvalue weighted by Gasteiger charge is 2.53. The number of Topliss-reactive ketones (excluding diaryl/α,β-unsaturated/α-hetero) is 3. The highest BCUT2D eigenvalue weighted by Crippen LogP contribution is 2.38. The zero-order valence-corrected chi connectivity index (χ0v) is 42.0. The van der Waals surface area contributed by atoms with Crippen LogP contribution in [-0.2, 0) is 47.7 Å². The summed E-state index contributed by atoms with van der Waals surface area (Å²) in [6, 6.07) is -2.12. The lowest BCUT2D eigenvalue weighted by molar-refractivity contribution is -0.266. The van der Waals surface area contributed by atoms with Gasteiger partial charge in [0.25, 0.3) is 11.7 Å². The second-order valence-corrected chi connectivity index (χ2v) is 20.2. The van der Waals surface area contributed by atoms with Crippen molar-refractivity contribution < 1.29 is 68.2 Å². The average molecular weight is 957 g/mol. The summed E-state index contributed by atoms with van der Waals surface area (Å²) in [7, 11) is 2.90. The van der Waals surface area contributed by atoms with E-state index in [0.29, 0.717) is 67.6 Å². The van der Waals surface area contributed by atoms with Crippen LogP contribution in [0.15, 0.2) is 47.6 Å². The van der Waals surface area contributed by atoms with Crippen molar-refractivity contribution >= 4 is 35.1 Å². The van der Waals surface area contributed by atoms with Crippen molar-refractivity contribution in [1.29, 1.82) is 0 Å². The summed E-state index contributed by atoms with van der Waals surface area (Å²) in [4.78, 5) is 84.5. The Balaban J connectivity index is 1.74. The predicted molar refractivity (Wildman–Crippen MR) is 252 cm³/mol. The van der Waals surface area contributed by atoms with Crippen LogP contribution in [0.4, 0.5) is 0 Å². The van der Waals surface area contributed by atoms with Crippen molar-refractivity contribution in [3.05, 3.63) is 47.6 Å². The molecule has 1 saturated carbocycles. The number of nitrogens with zero attached hydrogens (tertiary/aromatic N) is 2. The van der Waals surface area contributed by atoms with Gasteiger partial charge in [0.15, 0.2) is 5.78 Å². The van der Waals surface area contributed by atoms with E-state index in [4.69, 9.17) is 18.9 Å². The van der Waals surface area contributed by atoms with E-state index >= 15 is 0 Å². The number of amides is 2. The first-order valence-corrected chi connectivity index (χ1v) is 24.7. The first-order valence-electron chi connectivity index (χ1n) is 24.7. The van der Waals surface area contributed by atoms with E-state index in [1.807, 2.05) is 26.0 Å². The van der Waals surface area contributed by atoms with Gasteiger partial charge >= 0.3 is 5.97 Å². The SMILES string of the molecule is CO[C@@H]1C[C@H](C[C@@H](C)[C@@H]2CC(=O)[C@H](C)/C=C(\C)[C@@H](O)[C@@H](OC)C(=O)[C@H](C)C[C@H](C)/C=C/C=C/C=C(\C)[C@H](N(O)C(C)=O)C[C@@H]3CC[C@@H](C)[C@@](O)(O3)C(=O)C(=O)N3CCCC[C@H]3C(=O)O2)CC[C@H]1O. The molecule has 1 aliphatic carbocycles. The maximum atomic E-state index is 14.4. The van der Waals surface area contributed by atoms with Crippen LogP contribution in [0, 0.1) is 35.5 Å². The Morgan fingerprint density at radius 1 is 0.912 bits per heavy atom. The number of esters is 1. The van der Waals surface area contributed by atoms with Crippen LogP contribution in [0.3, 0.4) is 0 Å². The molecule has 382 valence electrons. The Morgan fingerprint density at radius 2 is 1.62 bits per heavy atom. The van der Waals surface area contributed by atoms with E-state index in [2.05, 4.69) is 0 Å². The maximum absolute atomic E-state index is 14.4. The molecule has 2 bridgehead atoms. The number of hydrogen-bond acceptors (Lipinski definition) is 14. The van der Waals surface area contributed by atoms with Gasteiger partial charge in [-0.15, -0.1) is 0 Å². The third kappa shape index (κ3) is 14.6. The summed E-state index contributed by atoms with van der Waals surface area (Å²) < 4.78 is 23.5. The van der Waals surface area contributed by atoms with E-state index < -0.39 is 89.7 Å². The molecule has 3 heterocycles. The Morgan fingerprint density at radius 3 is 2.28 bits per heavy atom.